The van der Waals surface area contributed by atoms with E-state index in [1.807, 2.05) is 24.3 Å². The van der Waals surface area contributed by atoms with E-state index in [9.17, 15) is 10.1 Å². The fourth-order valence-electron chi connectivity index (χ4n) is 2.07. The van der Waals surface area contributed by atoms with Gasteiger partial charge in [-0.15, -0.1) is 0 Å². The average molecular weight is 386 g/mol. The van der Waals surface area contributed by atoms with Crippen molar-refractivity contribution in [1.82, 2.24) is 9.66 Å². The van der Waals surface area contributed by atoms with Crippen molar-refractivity contribution >= 4 is 33.8 Å². The van der Waals surface area contributed by atoms with Crippen molar-refractivity contribution in [3.05, 3.63) is 74.9 Å². The lowest BCUT2D eigenvalue weighted by molar-refractivity contribution is -0.384. The molecule has 0 aliphatic heterocycles. The molecule has 0 saturated carbocycles. The van der Waals surface area contributed by atoms with E-state index >= 15 is 0 Å². The van der Waals surface area contributed by atoms with Crippen molar-refractivity contribution in [2.24, 2.45) is 5.10 Å². The van der Waals surface area contributed by atoms with Crippen molar-refractivity contribution < 1.29 is 4.92 Å². The lowest BCUT2D eigenvalue weighted by Crippen LogP contribution is -1.96. The molecule has 1 heterocycles. The summed E-state index contributed by atoms with van der Waals surface area (Å²) < 4.78 is 2.41. The molecule has 0 bridgehead atoms. The van der Waals surface area contributed by atoms with E-state index < -0.39 is 4.92 Å². The molecule has 2 aromatic carbocycles. The molecule has 0 fully saturated rings. The summed E-state index contributed by atoms with van der Waals surface area (Å²) in [6.45, 7) is 0. The van der Waals surface area contributed by atoms with E-state index in [-0.39, 0.29) is 11.6 Å². The number of aromatic nitrogens is 2. The van der Waals surface area contributed by atoms with Crippen LogP contribution in [0.4, 0.5) is 11.6 Å². The minimum Gasteiger partial charge on any atom is -0.368 e. The maximum Gasteiger partial charge on any atom is 0.270 e. The van der Waals surface area contributed by atoms with Gasteiger partial charge in [-0.1, -0.05) is 40.2 Å². The number of benzene rings is 2. The topological polar surface area (TPSA) is 99.3 Å². The normalized spacial score (nSPS) is 11.0. The van der Waals surface area contributed by atoms with Crippen LogP contribution in [0, 0.1) is 10.1 Å². The van der Waals surface area contributed by atoms with Crippen LogP contribution >= 0.6 is 15.9 Å². The Morgan fingerprint density at radius 3 is 2.71 bits per heavy atom. The Balaban J connectivity index is 1.89. The number of halogens is 1. The minimum absolute atomic E-state index is 0.000940. The predicted octanol–water partition coefficient (Wildman–Crippen LogP) is 3.69. The van der Waals surface area contributed by atoms with Crippen molar-refractivity contribution in [1.29, 1.82) is 0 Å². The number of nitro groups is 1. The van der Waals surface area contributed by atoms with Gasteiger partial charge >= 0.3 is 0 Å². The second kappa shape index (κ2) is 6.63. The van der Waals surface area contributed by atoms with Gasteiger partial charge in [0, 0.05) is 22.2 Å². The van der Waals surface area contributed by atoms with Crippen molar-refractivity contribution in [3.63, 3.8) is 0 Å². The fourth-order valence-corrected chi connectivity index (χ4v) is 2.34. The van der Waals surface area contributed by atoms with E-state index in [0.29, 0.717) is 11.3 Å². The van der Waals surface area contributed by atoms with E-state index in [1.165, 1.54) is 16.8 Å². The monoisotopic (exact) mass is 385 g/mol. The van der Waals surface area contributed by atoms with Gasteiger partial charge in [-0.25, -0.2) is 9.66 Å². The van der Waals surface area contributed by atoms with Crippen LogP contribution in [0.3, 0.4) is 0 Å². The van der Waals surface area contributed by atoms with Crippen LogP contribution in [0.5, 0.6) is 0 Å². The van der Waals surface area contributed by atoms with Gasteiger partial charge in [-0.3, -0.25) is 10.1 Å². The molecule has 24 heavy (non-hydrogen) atoms. The summed E-state index contributed by atoms with van der Waals surface area (Å²) in [5, 5.41) is 15.1. The molecular formula is C16H12BrN5O2. The largest absolute Gasteiger partial charge is 0.368 e. The zero-order valence-electron chi connectivity index (χ0n) is 12.3. The number of rotatable bonds is 4. The molecule has 0 atom stereocenters. The average Bonchev–Trinajstić information content (AvgIpc) is 2.95. The molecule has 0 aliphatic carbocycles. The van der Waals surface area contributed by atoms with Gasteiger partial charge in [0.1, 0.15) is 0 Å². The highest BCUT2D eigenvalue weighted by Gasteiger charge is 2.11. The molecule has 0 radical (unpaired) electrons. The van der Waals surface area contributed by atoms with Crippen molar-refractivity contribution in [3.8, 4) is 11.3 Å². The highest BCUT2D eigenvalue weighted by atomic mass is 79.9. The third-order valence-corrected chi connectivity index (χ3v) is 3.80. The van der Waals surface area contributed by atoms with Crippen LogP contribution in [-0.4, -0.2) is 20.8 Å². The molecule has 2 N–H and O–H groups in total. The predicted molar refractivity (Wildman–Crippen MR) is 95.9 cm³/mol. The Labute approximate surface area is 145 Å². The second-order valence-electron chi connectivity index (χ2n) is 4.93. The Morgan fingerprint density at radius 2 is 2.00 bits per heavy atom. The number of non-ortho nitro benzene ring substituents is 1. The van der Waals surface area contributed by atoms with Crippen LogP contribution in [0.15, 0.2) is 64.3 Å². The van der Waals surface area contributed by atoms with Crippen molar-refractivity contribution in [2.75, 3.05) is 5.73 Å². The van der Waals surface area contributed by atoms with Crippen LogP contribution in [-0.2, 0) is 0 Å². The summed E-state index contributed by atoms with van der Waals surface area (Å²) in [4.78, 5) is 14.6. The molecule has 7 nitrogen and oxygen atoms in total. The Morgan fingerprint density at radius 1 is 1.25 bits per heavy atom. The lowest BCUT2D eigenvalue weighted by Gasteiger charge is -1.96. The third-order valence-electron chi connectivity index (χ3n) is 3.27. The highest BCUT2D eigenvalue weighted by Crippen LogP contribution is 2.24. The SMILES string of the molecule is Nc1nc(-c2cccc([N+](=O)[O-])c2)cn1N=Cc1ccc(Br)cc1. The summed E-state index contributed by atoms with van der Waals surface area (Å²) in [7, 11) is 0. The number of nitro benzene ring substituents is 1. The molecule has 0 aliphatic rings. The van der Waals surface area contributed by atoms with Gasteiger partial charge < -0.3 is 5.73 Å². The van der Waals surface area contributed by atoms with E-state index in [2.05, 4.69) is 26.0 Å². The van der Waals surface area contributed by atoms with E-state index in [4.69, 9.17) is 5.73 Å². The van der Waals surface area contributed by atoms with Crippen molar-refractivity contribution in [2.45, 2.75) is 0 Å². The lowest BCUT2D eigenvalue weighted by atomic mass is 10.1. The number of nitrogens with two attached hydrogens (primary N) is 1. The summed E-state index contributed by atoms with van der Waals surface area (Å²) >= 11 is 3.37. The maximum absolute atomic E-state index is 10.9. The summed E-state index contributed by atoms with van der Waals surface area (Å²) in [6.07, 6.45) is 3.28. The number of hydrogen-bond donors (Lipinski definition) is 1. The quantitative estimate of drug-likeness (QED) is 0.420. The number of imidazole rings is 1. The number of nitrogens with zero attached hydrogens (tertiary/aromatic N) is 4. The standard InChI is InChI=1S/C16H12BrN5O2/c17-13-6-4-11(5-7-13)9-19-21-10-15(20-16(21)18)12-2-1-3-14(8-12)22(23)24/h1-10H,(H2,18,20). The Hall–Kier alpha value is -3.00. The first-order chi connectivity index (χ1) is 11.5. The second-order valence-corrected chi connectivity index (χ2v) is 5.85. The zero-order valence-corrected chi connectivity index (χ0v) is 13.9. The Bertz CT molecular complexity index is 918. The molecule has 3 rings (SSSR count). The molecule has 0 amide bonds. The minimum atomic E-state index is -0.449. The smallest absolute Gasteiger partial charge is 0.270 e. The molecule has 0 saturated heterocycles. The van der Waals surface area contributed by atoms with Gasteiger partial charge in [-0.2, -0.15) is 5.10 Å². The number of anilines is 1. The molecule has 120 valence electrons. The summed E-state index contributed by atoms with van der Waals surface area (Å²) in [6, 6.07) is 13.8. The first-order valence-electron chi connectivity index (χ1n) is 6.92. The molecule has 3 aromatic rings. The number of hydrogen-bond acceptors (Lipinski definition) is 5. The Kier molecular flexibility index (Phi) is 4.39. The highest BCUT2D eigenvalue weighted by molar-refractivity contribution is 9.10. The molecule has 8 heteroatoms. The molecule has 1 aromatic heterocycles. The maximum atomic E-state index is 10.9. The summed E-state index contributed by atoms with van der Waals surface area (Å²) in [5.41, 5.74) is 7.89. The fraction of sp³-hybridized carbons (Fsp3) is 0. The van der Waals surface area contributed by atoms with Crippen LogP contribution in [0.25, 0.3) is 11.3 Å². The number of nitrogen functional groups attached to an aromatic ring is 1. The zero-order chi connectivity index (χ0) is 17.1. The van der Waals surface area contributed by atoms with Crippen LogP contribution in [0.1, 0.15) is 5.56 Å². The molecule has 0 spiro atoms. The first kappa shape index (κ1) is 15.9. The van der Waals surface area contributed by atoms with Gasteiger partial charge in [0.05, 0.1) is 23.0 Å². The van der Waals surface area contributed by atoms with Gasteiger partial charge in [-0.05, 0) is 17.7 Å². The van der Waals surface area contributed by atoms with Gasteiger partial charge in [0.25, 0.3) is 5.69 Å². The molecular weight excluding hydrogens is 374 g/mol. The third kappa shape index (κ3) is 3.49. The summed E-state index contributed by atoms with van der Waals surface area (Å²) in [5.74, 6) is 0.199. The van der Waals surface area contributed by atoms with Gasteiger partial charge in [0.15, 0.2) is 0 Å². The molecule has 0 unspecified atom stereocenters. The van der Waals surface area contributed by atoms with Crippen LogP contribution in [0.2, 0.25) is 0 Å². The van der Waals surface area contributed by atoms with Gasteiger partial charge in [0.2, 0.25) is 5.95 Å². The van der Waals surface area contributed by atoms with E-state index in [1.54, 1.807) is 24.5 Å². The first-order valence-corrected chi connectivity index (χ1v) is 7.72. The van der Waals surface area contributed by atoms with Crippen LogP contribution < -0.4 is 5.73 Å². The van der Waals surface area contributed by atoms with E-state index in [0.717, 1.165) is 10.0 Å².